The van der Waals surface area contributed by atoms with E-state index in [1.165, 1.54) is 31.0 Å². The molecular weight excluding hydrogens is 282 g/mol. The molecule has 0 saturated carbocycles. The van der Waals surface area contributed by atoms with Crippen LogP contribution in [0.4, 0.5) is 11.4 Å². The normalized spacial score (nSPS) is 19.5. The summed E-state index contributed by atoms with van der Waals surface area (Å²) in [4.78, 5) is 0.122. The fraction of sp³-hybridized carbons (Fsp3) is 0.500. The summed E-state index contributed by atoms with van der Waals surface area (Å²) in [6.07, 6.45) is 1.24. The molecule has 1 saturated heterocycles. The van der Waals surface area contributed by atoms with Crippen LogP contribution in [0.25, 0.3) is 0 Å². The number of hydrogen-bond acceptors (Lipinski definition) is 5. The monoisotopic (exact) mass is 301 g/mol. The number of anilines is 2. The highest BCUT2D eigenvalue weighted by Gasteiger charge is 2.17. The number of nitrogens with one attached hydrogen (secondary N) is 2. The summed E-state index contributed by atoms with van der Waals surface area (Å²) in [6, 6.07) is 4.96. The van der Waals surface area contributed by atoms with Crippen molar-refractivity contribution >= 4 is 33.2 Å². The van der Waals surface area contributed by atoms with Gasteiger partial charge in [0.1, 0.15) is 4.90 Å². The van der Waals surface area contributed by atoms with E-state index in [1.54, 1.807) is 12.1 Å². The Hall–Kier alpha value is -0.920. The first-order chi connectivity index (χ1) is 9.03. The fourth-order valence-corrected chi connectivity index (χ4v) is 4.14. The molecule has 7 heteroatoms. The Labute approximate surface area is 118 Å². The van der Waals surface area contributed by atoms with Crippen molar-refractivity contribution in [2.45, 2.75) is 11.3 Å². The van der Waals surface area contributed by atoms with Crippen molar-refractivity contribution in [2.75, 3.05) is 36.1 Å². The molecule has 2 rings (SSSR count). The van der Waals surface area contributed by atoms with Crippen LogP contribution in [0, 0.1) is 5.92 Å². The number of thioether (sulfide) groups is 1. The summed E-state index contributed by atoms with van der Waals surface area (Å²) in [5.41, 5.74) is 6.93. The van der Waals surface area contributed by atoms with Gasteiger partial charge in [0.15, 0.2) is 0 Å². The van der Waals surface area contributed by atoms with Crippen LogP contribution in [0.3, 0.4) is 0 Å². The van der Waals surface area contributed by atoms with Gasteiger partial charge in [-0.2, -0.15) is 11.8 Å². The van der Waals surface area contributed by atoms with E-state index in [2.05, 4.69) is 10.0 Å². The quantitative estimate of drug-likeness (QED) is 0.715. The van der Waals surface area contributed by atoms with E-state index in [0.717, 1.165) is 12.2 Å². The lowest BCUT2D eigenvalue weighted by atomic mass is 10.1. The summed E-state index contributed by atoms with van der Waals surface area (Å²) in [6.45, 7) is 0.907. The third-order valence-corrected chi connectivity index (χ3v) is 5.91. The molecule has 1 unspecified atom stereocenters. The van der Waals surface area contributed by atoms with Gasteiger partial charge < -0.3 is 11.1 Å². The average Bonchev–Trinajstić information content (AvgIpc) is 2.89. The van der Waals surface area contributed by atoms with E-state index >= 15 is 0 Å². The SMILES string of the molecule is CNS(=O)(=O)c1ccc(NCC2CCSC2)cc1N. The molecule has 1 heterocycles. The van der Waals surface area contributed by atoms with Gasteiger partial charge in [0.05, 0.1) is 5.69 Å². The average molecular weight is 301 g/mol. The molecule has 0 aliphatic carbocycles. The second-order valence-corrected chi connectivity index (χ2v) is 7.58. The molecule has 1 aromatic carbocycles. The lowest BCUT2D eigenvalue weighted by molar-refractivity contribution is 0.588. The summed E-state index contributed by atoms with van der Waals surface area (Å²) < 4.78 is 25.6. The van der Waals surface area contributed by atoms with Crippen LogP contribution < -0.4 is 15.8 Å². The fourth-order valence-electron chi connectivity index (χ4n) is 2.02. The van der Waals surface area contributed by atoms with Crippen LogP contribution in [0.15, 0.2) is 23.1 Å². The van der Waals surface area contributed by atoms with Crippen LogP contribution >= 0.6 is 11.8 Å². The molecule has 0 bridgehead atoms. The molecule has 0 radical (unpaired) electrons. The van der Waals surface area contributed by atoms with Crippen molar-refractivity contribution in [2.24, 2.45) is 5.92 Å². The molecule has 4 N–H and O–H groups in total. The molecular formula is C12H19N3O2S2. The molecule has 0 spiro atoms. The van der Waals surface area contributed by atoms with Crippen LogP contribution in [0.1, 0.15) is 6.42 Å². The lowest BCUT2D eigenvalue weighted by Gasteiger charge is -2.13. The maximum absolute atomic E-state index is 11.7. The summed E-state index contributed by atoms with van der Waals surface area (Å²) >= 11 is 1.98. The van der Waals surface area contributed by atoms with Crippen LogP contribution in [-0.2, 0) is 10.0 Å². The Morgan fingerprint density at radius 2 is 2.26 bits per heavy atom. The van der Waals surface area contributed by atoms with E-state index < -0.39 is 10.0 Å². The van der Waals surface area contributed by atoms with Gasteiger partial charge in [-0.15, -0.1) is 0 Å². The predicted octanol–water partition coefficient (Wildman–Crippen LogP) is 1.34. The number of benzene rings is 1. The first kappa shape index (κ1) is 14.5. The third kappa shape index (κ3) is 3.55. The zero-order valence-corrected chi connectivity index (χ0v) is 12.5. The number of sulfonamides is 1. The van der Waals surface area contributed by atoms with Crippen LogP contribution in [-0.4, -0.2) is 33.5 Å². The van der Waals surface area contributed by atoms with E-state index in [-0.39, 0.29) is 10.6 Å². The van der Waals surface area contributed by atoms with Crippen molar-refractivity contribution in [3.63, 3.8) is 0 Å². The highest BCUT2D eigenvalue weighted by molar-refractivity contribution is 7.99. The second-order valence-electron chi connectivity index (χ2n) is 4.57. The Balaban J connectivity index is 2.06. The van der Waals surface area contributed by atoms with Crippen LogP contribution in [0.5, 0.6) is 0 Å². The Morgan fingerprint density at radius 1 is 1.47 bits per heavy atom. The van der Waals surface area contributed by atoms with Gasteiger partial charge in [-0.05, 0) is 49.1 Å². The lowest BCUT2D eigenvalue weighted by Crippen LogP contribution is -2.20. The maximum Gasteiger partial charge on any atom is 0.242 e. The van der Waals surface area contributed by atoms with Crippen molar-refractivity contribution in [3.05, 3.63) is 18.2 Å². The van der Waals surface area contributed by atoms with Crippen molar-refractivity contribution < 1.29 is 8.42 Å². The first-order valence-electron chi connectivity index (χ1n) is 6.17. The molecule has 0 amide bonds. The maximum atomic E-state index is 11.7. The minimum Gasteiger partial charge on any atom is -0.398 e. The number of rotatable bonds is 5. The van der Waals surface area contributed by atoms with Crippen LogP contribution in [0.2, 0.25) is 0 Å². The van der Waals surface area contributed by atoms with E-state index in [0.29, 0.717) is 5.92 Å². The highest BCUT2D eigenvalue weighted by Crippen LogP contribution is 2.25. The summed E-state index contributed by atoms with van der Waals surface area (Å²) in [5.74, 6) is 3.11. The van der Waals surface area contributed by atoms with Crippen molar-refractivity contribution in [1.82, 2.24) is 4.72 Å². The molecule has 5 nitrogen and oxygen atoms in total. The van der Waals surface area contributed by atoms with Gasteiger partial charge in [0, 0.05) is 12.2 Å². The molecule has 1 aromatic rings. The smallest absolute Gasteiger partial charge is 0.242 e. The summed E-state index contributed by atoms with van der Waals surface area (Å²) in [7, 11) is -2.11. The van der Waals surface area contributed by atoms with Gasteiger partial charge in [-0.25, -0.2) is 13.1 Å². The zero-order valence-electron chi connectivity index (χ0n) is 10.8. The van der Waals surface area contributed by atoms with E-state index in [9.17, 15) is 8.42 Å². The van der Waals surface area contributed by atoms with Gasteiger partial charge >= 0.3 is 0 Å². The highest BCUT2D eigenvalue weighted by atomic mass is 32.2. The molecule has 0 aromatic heterocycles. The first-order valence-corrected chi connectivity index (χ1v) is 8.81. The predicted molar refractivity (Wildman–Crippen MR) is 81.0 cm³/mol. The molecule has 1 fully saturated rings. The zero-order chi connectivity index (χ0) is 13.9. The van der Waals surface area contributed by atoms with Crippen molar-refractivity contribution in [3.8, 4) is 0 Å². The molecule has 1 aliphatic rings. The topological polar surface area (TPSA) is 84.2 Å². The van der Waals surface area contributed by atoms with Gasteiger partial charge in [0.2, 0.25) is 10.0 Å². The number of nitrogens with two attached hydrogens (primary N) is 1. The van der Waals surface area contributed by atoms with Crippen molar-refractivity contribution in [1.29, 1.82) is 0 Å². The third-order valence-electron chi connectivity index (χ3n) is 3.19. The van der Waals surface area contributed by atoms with Gasteiger partial charge in [-0.3, -0.25) is 0 Å². The minimum atomic E-state index is -3.48. The Kier molecular flexibility index (Phi) is 4.59. The second kappa shape index (κ2) is 6.02. The Bertz CT molecular complexity index is 540. The molecule has 1 aliphatic heterocycles. The largest absolute Gasteiger partial charge is 0.398 e. The minimum absolute atomic E-state index is 0.122. The molecule has 106 valence electrons. The molecule has 19 heavy (non-hydrogen) atoms. The number of hydrogen-bond donors (Lipinski definition) is 3. The van der Waals surface area contributed by atoms with Gasteiger partial charge in [-0.1, -0.05) is 0 Å². The number of nitrogen functional groups attached to an aromatic ring is 1. The summed E-state index contributed by atoms with van der Waals surface area (Å²) in [5, 5.41) is 3.32. The Morgan fingerprint density at radius 3 is 2.84 bits per heavy atom. The van der Waals surface area contributed by atoms with E-state index in [1.807, 2.05) is 11.8 Å². The van der Waals surface area contributed by atoms with Gasteiger partial charge in [0.25, 0.3) is 0 Å². The molecule has 1 atom stereocenters. The van der Waals surface area contributed by atoms with E-state index in [4.69, 9.17) is 5.73 Å². The standard InChI is InChI=1S/C12H19N3O2S2/c1-14-19(16,17)12-3-2-10(6-11(12)13)15-7-9-4-5-18-8-9/h2-3,6,9,14-15H,4-5,7-8,13H2,1H3.